The van der Waals surface area contributed by atoms with E-state index in [1.807, 2.05) is 6.07 Å². The molecule has 0 unspecified atom stereocenters. The molecule has 7 heavy (non-hydrogen) atoms. The first-order chi connectivity index (χ1) is 3.29. The molecule has 0 radical (unpaired) electrons. The van der Waals surface area contributed by atoms with Crippen LogP contribution in [0, 0.1) is 2.88 Å². The summed E-state index contributed by atoms with van der Waals surface area (Å²) in [7, 11) is 0. The normalized spacial score (nSPS) is 9.29. The van der Waals surface area contributed by atoms with Crippen molar-refractivity contribution in [3.05, 3.63) is 15.0 Å². The summed E-state index contributed by atoms with van der Waals surface area (Å²) in [6.45, 7) is 0. The van der Waals surface area contributed by atoms with Gasteiger partial charge < -0.3 is 5.11 Å². The Balaban J connectivity index is 3.04. The highest BCUT2D eigenvalue weighted by molar-refractivity contribution is 14.1. The average molecular weight is 226 g/mol. The molecule has 0 fully saturated rings. The highest BCUT2D eigenvalue weighted by Gasteiger charge is 1.88. The molecule has 1 nitrogen and oxygen atoms in total. The van der Waals surface area contributed by atoms with Crippen LogP contribution in [0.3, 0.4) is 0 Å². The van der Waals surface area contributed by atoms with Gasteiger partial charge in [0.1, 0.15) is 0 Å². The van der Waals surface area contributed by atoms with Gasteiger partial charge in [0.15, 0.2) is 5.06 Å². The standard InChI is InChI=1S/C4H3IOS/c5-3-1-2-4(6)7-3/h1-2,6H. The molecule has 1 N–H and O–H groups in total. The molecular weight excluding hydrogens is 223 g/mol. The average Bonchev–Trinajstić information content (AvgIpc) is 1.87. The van der Waals surface area contributed by atoms with Gasteiger partial charge in [0, 0.05) is 0 Å². The minimum Gasteiger partial charge on any atom is -0.499 e. The van der Waals surface area contributed by atoms with Crippen LogP contribution in [-0.4, -0.2) is 5.11 Å². The second kappa shape index (κ2) is 2.00. The van der Waals surface area contributed by atoms with Crippen LogP contribution in [0.4, 0.5) is 0 Å². The fraction of sp³-hybridized carbons (Fsp3) is 0. The van der Waals surface area contributed by atoms with Gasteiger partial charge in [-0.05, 0) is 34.7 Å². The van der Waals surface area contributed by atoms with E-state index in [1.54, 1.807) is 6.07 Å². The summed E-state index contributed by atoms with van der Waals surface area (Å²) in [6.07, 6.45) is 0. The van der Waals surface area contributed by atoms with Gasteiger partial charge in [0.05, 0.1) is 2.88 Å². The maximum atomic E-state index is 8.67. The van der Waals surface area contributed by atoms with E-state index in [2.05, 4.69) is 22.6 Å². The van der Waals surface area contributed by atoms with E-state index >= 15 is 0 Å². The van der Waals surface area contributed by atoms with Gasteiger partial charge in [-0.3, -0.25) is 0 Å². The summed E-state index contributed by atoms with van der Waals surface area (Å²) < 4.78 is 1.12. The van der Waals surface area contributed by atoms with Crippen molar-refractivity contribution in [3.8, 4) is 5.06 Å². The Labute approximate surface area is 59.1 Å². The lowest BCUT2D eigenvalue weighted by molar-refractivity contribution is 0.491. The fourth-order valence-corrected chi connectivity index (χ4v) is 1.63. The predicted octanol–water partition coefficient (Wildman–Crippen LogP) is 2.06. The molecule has 0 saturated carbocycles. The van der Waals surface area contributed by atoms with Crippen molar-refractivity contribution in [3.63, 3.8) is 0 Å². The summed E-state index contributed by atoms with van der Waals surface area (Å²) in [5.41, 5.74) is 0. The lowest BCUT2D eigenvalue weighted by atomic mass is 10.7. The van der Waals surface area contributed by atoms with Crippen molar-refractivity contribution in [2.24, 2.45) is 0 Å². The highest BCUT2D eigenvalue weighted by Crippen LogP contribution is 2.23. The lowest BCUT2D eigenvalue weighted by Gasteiger charge is -1.70. The number of thiophene rings is 1. The molecular formula is C4H3IOS. The van der Waals surface area contributed by atoms with Crippen molar-refractivity contribution >= 4 is 33.9 Å². The summed E-state index contributed by atoms with van der Waals surface area (Å²) in [5, 5.41) is 9.06. The Kier molecular flexibility index (Phi) is 1.53. The summed E-state index contributed by atoms with van der Waals surface area (Å²) >= 11 is 3.54. The van der Waals surface area contributed by atoms with Gasteiger partial charge in [-0.2, -0.15) is 0 Å². The number of hydrogen-bond donors (Lipinski definition) is 1. The molecule has 1 heterocycles. The molecule has 0 bridgehead atoms. The van der Waals surface area contributed by atoms with Crippen LogP contribution in [0.5, 0.6) is 5.06 Å². The lowest BCUT2D eigenvalue weighted by Crippen LogP contribution is -1.38. The van der Waals surface area contributed by atoms with Crippen molar-refractivity contribution < 1.29 is 5.11 Å². The second-order valence-corrected chi connectivity index (χ2v) is 4.03. The number of hydrogen-bond acceptors (Lipinski definition) is 2. The first-order valence-corrected chi connectivity index (χ1v) is 3.63. The molecule has 1 aromatic rings. The Morgan fingerprint density at radius 2 is 2.29 bits per heavy atom. The quantitative estimate of drug-likeness (QED) is 0.671. The molecule has 0 spiro atoms. The van der Waals surface area contributed by atoms with Crippen LogP contribution in [0.1, 0.15) is 0 Å². The van der Waals surface area contributed by atoms with Gasteiger partial charge in [0.25, 0.3) is 0 Å². The molecule has 1 aromatic heterocycles. The van der Waals surface area contributed by atoms with Gasteiger partial charge in [-0.15, -0.1) is 0 Å². The van der Waals surface area contributed by atoms with E-state index in [-0.39, 0.29) is 0 Å². The molecule has 3 heteroatoms. The Bertz CT molecular complexity index is 144. The predicted molar refractivity (Wildman–Crippen MR) is 38.7 cm³/mol. The zero-order chi connectivity index (χ0) is 5.28. The SMILES string of the molecule is Oc1ccc(I)s1. The van der Waals surface area contributed by atoms with Crippen molar-refractivity contribution in [1.82, 2.24) is 0 Å². The largest absolute Gasteiger partial charge is 0.499 e. The Hall–Kier alpha value is 0.230. The molecule has 0 aliphatic carbocycles. The van der Waals surface area contributed by atoms with E-state index in [9.17, 15) is 0 Å². The van der Waals surface area contributed by atoms with Crippen LogP contribution in [0.25, 0.3) is 0 Å². The highest BCUT2D eigenvalue weighted by atomic mass is 127. The monoisotopic (exact) mass is 226 g/mol. The van der Waals surface area contributed by atoms with Crippen LogP contribution in [-0.2, 0) is 0 Å². The summed E-state index contributed by atoms with van der Waals surface area (Å²) in [5.74, 6) is 0. The molecule has 0 saturated heterocycles. The maximum absolute atomic E-state index is 8.67. The van der Waals surface area contributed by atoms with Crippen LogP contribution >= 0.6 is 33.9 Å². The smallest absolute Gasteiger partial charge is 0.172 e. The number of halogens is 1. The molecule has 0 aliphatic heterocycles. The fourth-order valence-electron chi connectivity index (χ4n) is 0.305. The first kappa shape index (κ1) is 5.37. The summed E-state index contributed by atoms with van der Waals surface area (Å²) in [4.78, 5) is 0. The Morgan fingerprint density at radius 3 is 2.43 bits per heavy atom. The molecule has 1 rings (SSSR count). The first-order valence-electron chi connectivity index (χ1n) is 1.73. The summed E-state index contributed by atoms with van der Waals surface area (Å²) in [6, 6.07) is 3.56. The van der Waals surface area contributed by atoms with E-state index in [1.165, 1.54) is 11.3 Å². The minimum atomic E-state index is 0.393. The van der Waals surface area contributed by atoms with E-state index in [0.29, 0.717) is 5.06 Å². The number of rotatable bonds is 0. The topological polar surface area (TPSA) is 20.2 Å². The van der Waals surface area contributed by atoms with Gasteiger partial charge in [-0.25, -0.2) is 0 Å². The zero-order valence-corrected chi connectivity index (χ0v) is 6.36. The van der Waals surface area contributed by atoms with Gasteiger partial charge in [-0.1, -0.05) is 11.3 Å². The Morgan fingerprint density at radius 1 is 1.57 bits per heavy atom. The van der Waals surface area contributed by atoms with E-state index < -0.39 is 0 Å². The van der Waals surface area contributed by atoms with E-state index in [0.717, 1.165) is 2.88 Å². The minimum absolute atomic E-state index is 0.393. The molecule has 0 atom stereocenters. The zero-order valence-electron chi connectivity index (χ0n) is 3.39. The third-order valence-electron chi connectivity index (χ3n) is 0.559. The number of aromatic hydroxyl groups is 1. The van der Waals surface area contributed by atoms with Crippen molar-refractivity contribution in [2.45, 2.75) is 0 Å². The van der Waals surface area contributed by atoms with Crippen molar-refractivity contribution in [1.29, 1.82) is 0 Å². The molecule has 0 aliphatic rings. The molecule has 38 valence electrons. The third kappa shape index (κ3) is 1.31. The van der Waals surface area contributed by atoms with Crippen LogP contribution in [0.15, 0.2) is 12.1 Å². The van der Waals surface area contributed by atoms with Crippen LogP contribution < -0.4 is 0 Å². The van der Waals surface area contributed by atoms with Gasteiger partial charge in [0.2, 0.25) is 0 Å². The molecule has 0 aromatic carbocycles. The molecule has 0 amide bonds. The maximum Gasteiger partial charge on any atom is 0.172 e. The van der Waals surface area contributed by atoms with Gasteiger partial charge >= 0.3 is 0 Å². The van der Waals surface area contributed by atoms with E-state index in [4.69, 9.17) is 5.11 Å². The second-order valence-electron chi connectivity index (χ2n) is 1.08. The van der Waals surface area contributed by atoms with Crippen LogP contribution in [0.2, 0.25) is 0 Å². The van der Waals surface area contributed by atoms with Crippen molar-refractivity contribution in [2.75, 3.05) is 0 Å². The third-order valence-corrected chi connectivity index (χ3v) is 2.26.